The van der Waals surface area contributed by atoms with E-state index >= 15 is 0 Å². The average molecular weight is 502 g/mol. The number of hydrogen-bond acceptors (Lipinski definition) is 7. The van der Waals surface area contributed by atoms with Gasteiger partial charge in [-0.1, -0.05) is 6.92 Å². The van der Waals surface area contributed by atoms with Gasteiger partial charge >= 0.3 is 0 Å². The average Bonchev–Trinajstić information content (AvgIpc) is 2.67. The molecule has 1 N–H and O–H groups in total. The first-order valence-electron chi connectivity index (χ1n) is 8.31. The van der Waals surface area contributed by atoms with Crippen LogP contribution in [-0.2, 0) is 0 Å². The molecule has 0 bridgehead atoms. The highest BCUT2D eigenvalue weighted by atomic mass is 127. The number of methoxy groups -OCH3 is 1. The summed E-state index contributed by atoms with van der Waals surface area (Å²) < 4.78 is 11.0. The number of aliphatic hydroxyl groups excluding tert-OH is 1. The fourth-order valence-electron chi connectivity index (χ4n) is 2.61. The summed E-state index contributed by atoms with van der Waals surface area (Å²) in [6.45, 7) is 1.94. The molecule has 0 saturated heterocycles. The maximum absolute atomic E-state index is 11.3. The van der Waals surface area contributed by atoms with Gasteiger partial charge in [0.1, 0.15) is 11.5 Å². The first-order valence-corrected chi connectivity index (χ1v) is 9.39. The van der Waals surface area contributed by atoms with Gasteiger partial charge in [-0.3, -0.25) is 20.2 Å². The van der Waals surface area contributed by atoms with E-state index in [1.807, 2.05) is 22.6 Å². The van der Waals surface area contributed by atoms with E-state index in [9.17, 15) is 25.3 Å². The van der Waals surface area contributed by atoms with Crippen molar-refractivity contribution < 1.29 is 24.4 Å². The molecule has 0 aliphatic rings. The summed E-state index contributed by atoms with van der Waals surface area (Å²) in [6.07, 6.45) is -0.676. The molecule has 0 spiro atoms. The van der Waals surface area contributed by atoms with Gasteiger partial charge in [-0.25, -0.2) is 0 Å². The van der Waals surface area contributed by atoms with Crippen LogP contribution < -0.4 is 9.47 Å². The smallest absolute Gasteiger partial charge is 0.286 e. The monoisotopic (exact) mass is 502 g/mol. The Kier molecular flexibility index (Phi) is 7.52. The number of rotatable bonds is 9. The molecule has 0 fully saturated rings. The van der Waals surface area contributed by atoms with Gasteiger partial charge in [-0.15, -0.1) is 0 Å². The fourth-order valence-corrected chi connectivity index (χ4v) is 3.14. The summed E-state index contributed by atoms with van der Waals surface area (Å²) in [4.78, 5) is 21.2. The Balaban J connectivity index is 2.04. The van der Waals surface area contributed by atoms with Gasteiger partial charge in [0, 0.05) is 0 Å². The van der Waals surface area contributed by atoms with Crippen molar-refractivity contribution in [1.29, 1.82) is 0 Å². The topological polar surface area (TPSA) is 125 Å². The second-order valence-electron chi connectivity index (χ2n) is 6.11. The third-order valence-corrected chi connectivity index (χ3v) is 5.16. The maximum Gasteiger partial charge on any atom is 0.286 e. The van der Waals surface area contributed by atoms with E-state index in [0.29, 0.717) is 21.5 Å². The Labute approximate surface area is 174 Å². The molecular formula is C18H19IN2O7. The lowest BCUT2D eigenvalue weighted by atomic mass is 9.93. The van der Waals surface area contributed by atoms with Crippen molar-refractivity contribution in [3.8, 4) is 11.5 Å². The van der Waals surface area contributed by atoms with E-state index in [2.05, 4.69) is 0 Å². The lowest BCUT2D eigenvalue weighted by molar-refractivity contribution is -0.386. The molecule has 0 amide bonds. The van der Waals surface area contributed by atoms with E-state index < -0.39 is 16.0 Å². The SMILES string of the molecule is COc1ccc(C(O)C(C)CCOc2ccc(I)c([N+](=O)[O-])c2)c([N+](=O)[O-])c1. The van der Waals surface area contributed by atoms with Gasteiger partial charge in [-0.2, -0.15) is 0 Å². The van der Waals surface area contributed by atoms with Crippen molar-refractivity contribution in [3.05, 3.63) is 65.8 Å². The van der Waals surface area contributed by atoms with Gasteiger partial charge < -0.3 is 14.6 Å². The van der Waals surface area contributed by atoms with Crippen LogP contribution in [0, 0.1) is 29.7 Å². The Bertz CT molecular complexity index is 875. The molecule has 0 aromatic heterocycles. The molecule has 0 saturated carbocycles. The summed E-state index contributed by atoms with van der Waals surface area (Å²) in [5, 5.41) is 32.8. The van der Waals surface area contributed by atoms with Crippen LogP contribution in [0.1, 0.15) is 25.0 Å². The summed E-state index contributed by atoms with van der Waals surface area (Å²) in [7, 11) is 1.41. The molecule has 0 radical (unpaired) electrons. The van der Waals surface area contributed by atoms with E-state index in [1.165, 1.54) is 25.3 Å². The van der Waals surface area contributed by atoms with E-state index in [4.69, 9.17) is 9.47 Å². The van der Waals surface area contributed by atoms with Gasteiger partial charge in [-0.05, 0) is 59.2 Å². The van der Waals surface area contributed by atoms with Crippen molar-refractivity contribution in [2.24, 2.45) is 5.92 Å². The van der Waals surface area contributed by atoms with Crippen molar-refractivity contribution in [1.82, 2.24) is 0 Å². The van der Waals surface area contributed by atoms with Crippen LogP contribution in [0.4, 0.5) is 11.4 Å². The van der Waals surface area contributed by atoms with E-state index in [0.717, 1.165) is 0 Å². The summed E-state index contributed by atoms with van der Waals surface area (Å²) >= 11 is 1.87. The van der Waals surface area contributed by atoms with Gasteiger partial charge in [0.2, 0.25) is 0 Å². The number of aliphatic hydroxyl groups is 1. The van der Waals surface area contributed by atoms with Crippen LogP contribution in [-0.4, -0.2) is 28.7 Å². The largest absolute Gasteiger partial charge is 0.497 e. The van der Waals surface area contributed by atoms with Crippen LogP contribution in [0.15, 0.2) is 36.4 Å². The van der Waals surface area contributed by atoms with Crippen molar-refractivity contribution in [3.63, 3.8) is 0 Å². The number of benzene rings is 2. The molecule has 28 heavy (non-hydrogen) atoms. The van der Waals surface area contributed by atoms with E-state index in [1.54, 1.807) is 25.1 Å². The van der Waals surface area contributed by atoms with Crippen LogP contribution in [0.25, 0.3) is 0 Å². The van der Waals surface area contributed by atoms with Crippen LogP contribution >= 0.6 is 22.6 Å². The molecule has 10 heteroatoms. The highest BCUT2D eigenvalue weighted by molar-refractivity contribution is 14.1. The Morgan fingerprint density at radius 2 is 1.68 bits per heavy atom. The Morgan fingerprint density at radius 1 is 1.07 bits per heavy atom. The van der Waals surface area contributed by atoms with Gasteiger partial charge in [0.15, 0.2) is 0 Å². The van der Waals surface area contributed by atoms with Gasteiger partial charge in [0.05, 0.1) is 50.9 Å². The highest BCUT2D eigenvalue weighted by Crippen LogP contribution is 2.34. The second kappa shape index (κ2) is 9.64. The number of ether oxygens (including phenoxy) is 2. The standard InChI is InChI=1S/C18H19IN2O7/c1-11(7-8-28-13-4-6-15(19)17(10-13)21(25)26)18(22)14-5-3-12(27-2)9-16(14)20(23)24/h3-6,9-11,18,22H,7-8H2,1-2H3. The summed E-state index contributed by atoms with van der Waals surface area (Å²) in [6, 6.07) is 8.86. The number of nitro benzene ring substituents is 2. The van der Waals surface area contributed by atoms with Crippen LogP contribution in [0.5, 0.6) is 11.5 Å². The lowest BCUT2D eigenvalue weighted by Crippen LogP contribution is -2.14. The van der Waals surface area contributed by atoms with Gasteiger partial charge in [0.25, 0.3) is 11.4 Å². The molecular weight excluding hydrogens is 483 g/mol. The quantitative estimate of drug-likeness (QED) is 0.309. The zero-order valence-electron chi connectivity index (χ0n) is 15.2. The zero-order chi connectivity index (χ0) is 20.8. The van der Waals surface area contributed by atoms with Crippen LogP contribution in [0.2, 0.25) is 0 Å². The zero-order valence-corrected chi connectivity index (χ0v) is 17.4. The predicted octanol–water partition coefficient (Wildman–Crippen LogP) is 4.25. The normalized spacial score (nSPS) is 12.9. The molecule has 2 rings (SSSR count). The minimum Gasteiger partial charge on any atom is -0.497 e. The number of nitrogens with zero attached hydrogens (tertiary/aromatic N) is 2. The molecule has 2 atom stereocenters. The second-order valence-corrected chi connectivity index (χ2v) is 7.27. The third kappa shape index (κ3) is 5.29. The molecule has 2 aromatic carbocycles. The molecule has 2 aromatic rings. The molecule has 9 nitrogen and oxygen atoms in total. The summed E-state index contributed by atoms with van der Waals surface area (Å²) in [5.41, 5.74) is -0.0591. The van der Waals surface area contributed by atoms with Crippen molar-refractivity contribution in [2.45, 2.75) is 19.4 Å². The third-order valence-electron chi connectivity index (χ3n) is 4.25. The molecule has 2 unspecified atom stereocenters. The molecule has 0 heterocycles. The fraction of sp³-hybridized carbons (Fsp3) is 0.333. The molecule has 0 aliphatic heterocycles. The number of halogens is 1. The Morgan fingerprint density at radius 3 is 2.29 bits per heavy atom. The minimum absolute atomic E-state index is 0.0416. The summed E-state index contributed by atoms with van der Waals surface area (Å²) in [5.74, 6) is 0.342. The Hall–Kier alpha value is -2.47. The lowest BCUT2D eigenvalue weighted by Gasteiger charge is -2.19. The first-order chi connectivity index (χ1) is 13.2. The molecule has 0 aliphatic carbocycles. The molecule has 150 valence electrons. The first kappa shape index (κ1) is 21.8. The minimum atomic E-state index is -1.07. The van der Waals surface area contributed by atoms with E-state index in [-0.39, 0.29) is 29.5 Å². The maximum atomic E-state index is 11.3. The number of hydrogen-bond donors (Lipinski definition) is 1. The van der Waals surface area contributed by atoms with Crippen molar-refractivity contribution >= 4 is 34.0 Å². The number of nitro groups is 2. The van der Waals surface area contributed by atoms with Crippen LogP contribution in [0.3, 0.4) is 0 Å². The predicted molar refractivity (Wildman–Crippen MR) is 110 cm³/mol. The van der Waals surface area contributed by atoms with Crippen molar-refractivity contribution in [2.75, 3.05) is 13.7 Å². The highest BCUT2D eigenvalue weighted by Gasteiger charge is 2.25.